The standard InChI is InChI=1S/C32H43N3O4/c1-10-25-17-19-26(20-18-25)28(29(36)34-27-14-12-11-13-22(27)4)35(23(5)16-15-21(2)3)30(37)24(6)33-31(38)39-32(7,8)9/h1,11-14,17-21,23-24,28H,15-16H2,2-9H3,(H,33,38)(H,34,36). The molecule has 0 radical (unpaired) electrons. The van der Waals surface area contributed by atoms with E-state index in [9.17, 15) is 14.4 Å². The molecule has 2 aromatic rings. The Kier molecular flexibility index (Phi) is 11.2. The second-order valence-electron chi connectivity index (χ2n) is 11.4. The van der Waals surface area contributed by atoms with Crippen LogP contribution in [0.1, 0.15) is 84.0 Å². The topological polar surface area (TPSA) is 87.7 Å². The molecule has 0 saturated heterocycles. The first-order chi connectivity index (χ1) is 18.2. The minimum absolute atomic E-state index is 0.303. The van der Waals surface area contributed by atoms with Crippen LogP contribution in [0.2, 0.25) is 0 Å². The molecule has 210 valence electrons. The monoisotopic (exact) mass is 533 g/mol. The lowest BCUT2D eigenvalue weighted by molar-refractivity contribution is -0.143. The number of benzene rings is 2. The van der Waals surface area contributed by atoms with Crippen LogP contribution in [0.15, 0.2) is 48.5 Å². The smallest absolute Gasteiger partial charge is 0.408 e. The fourth-order valence-electron chi connectivity index (χ4n) is 4.20. The van der Waals surface area contributed by atoms with Crippen LogP contribution in [-0.4, -0.2) is 40.5 Å². The summed E-state index contributed by atoms with van der Waals surface area (Å²) in [6, 6.07) is 12.4. The summed E-state index contributed by atoms with van der Waals surface area (Å²) in [5.74, 6) is 2.27. The van der Waals surface area contributed by atoms with Gasteiger partial charge >= 0.3 is 6.09 Å². The number of alkyl carbamates (subject to hydrolysis) is 1. The average molecular weight is 534 g/mol. The third kappa shape index (κ3) is 9.47. The number of para-hydroxylation sites is 1. The van der Waals surface area contributed by atoms with Crippen molar-refractivity contribution in [2.75, 3.05) is 5.32 Å². The van der Waals surface area contributed by atoms with Crippen LogP contribution in [0.25, 0.3) is 0 Å². The number of hydrogen-bond donors (Lipinski definition) is 2. The summed E-state index contributed by atoms with van der Waals surface area (Å²) in [7, 11) is 0. The predicted octanol–water partition coefficient (Wildman–Crippen LogP) is 6.22. The maximum atomic E-state index is 14.0. The van der Waals surface area contributed by atoms with Gasteiger partial charge in [-0.15, -0.1) is 6.42 Å². The number of hydrogen-bond acceptors (Lipinski definition) is 4. The summed E-state index contributed by atoms with van der Waals surface area (Å²) in [6.45, 7) is 14.9. The van der Waals surface area contributed by atoms with Crippen molar-refractivity contribution < 1.29 is 19.1 Å². The van der Waals surface area contributed by atoms with E-state index >= 15 is 0 Å². The summed E-state index contributed by atoms with van der Waals surface area (Å²) < 4.78 is 5.37. The fraction of sp³-hybridized carbons (Fsp3) is 0.469. The Labute approximate surface area is 233 Å². The maximum Gasteiger partial charge on any atom is 0.408 e. The summed E-state index contributed by atoms with van der Waals surface area (Å²) >= 11 is 0. The first kappa shape index (κ1) is 31.4. The van der Waals surface area contributed by atoms with Crippen LogP contribution in [0.5, 0.6) is 0 Å². The second-order valence-corrected chi connectivity index (χ2v) is 11.4. The number of anilines is 1. The summed E-state index contributed by atoms with van der Waals surface area (Å²) in [5, 5.41) is 5.67. The van der Waals surface area contributed by atoms with Crippen molar-refractivity contribution in [3.8, 4) is 12.3 Å². The number of carbonyl (C=O) groups is 3. The predicted molar refractivity (Wildman–Crippen MR) is 156 cm³/mol. The zero-order chi connectivity index (χ0) is 29.3. The molecule has 2 N–H and O–H groups in total. The van der Waals surface area contributed by atoms with Crippen molar-refractivity contribution in [3.05, 3.63) is 65.2 Å². The van der Waals surface area contributed by atoms with E-state index in [1.165, 1.54) is 0 Å². The molecule has 0 fully saturated rings. The zero-order valence-electron chi connectivity index (χ0n) is 24.5. The highest BCUT2D eigenvalue weighted by molar-refractivity contribution is 5.99. The van der Waals surface area contributed by atoms with Crippen LogP contribution < -0.4 is 10.6 Å². The minimum atomic E-state index is -0.964. The van der Waals surface area contributed by atoms with Gasteiger partial charge in [0.1, 0.15) is 17.7 Å². The van der Waals surface area contributed by atoms with Crippen molar-refractivity contribution in [1.29, 1.82) is 0 Å². The van der Waals surface area contributed by atoms with Crippen LogP contribution in [0, 0.1) is 25.2 Å². The van der Waals surface area contributed by atoms with Gasteiger partial charge in [-0.3, -0.25) is 9.59 Å². The minimum Gasteiger partial charge on any atom is -0.444 e. The van der Waals surface area contributed by atoms with Crippen LogP contribution >= 0.6 is 0 Å². The second kappa shape index (κ2) is 13.8. The molecule has 2 aromatic carbocycles. The van der Waals surface area contributed by atoms with Crippen molar-refractivity contribution in [3.63, 3.8) is 0 Å². The number of ether oxygens (including phenoxy) is 1. The molecule has 39 heavy (non-hydrogen) atoms. The molecular weight excluding hydrogens is 490 g/mol. The molecule has 0 aliphatic rings. The average Bonchev–Trinajstić information content (AvgIpc) is 2.85. The number of nitrogens with zero attached hydrogens (tertiary/aromatic N) is 1. The summed E-state index contributed by atoms with van der Waals surface area (Å²) in [6.07, 6.45) is 6.41. The van der Waals surface area contributed by atoms with Crippen LogP contribution in [0.3, 0.4) is 0 Å². The quantitative estimate of drug-likeness (QED) is 0.355. The Morgan fingerprint density at radius 2 is 1.59 bits per heavy atom. The molecular formula is C32H43N3O4. The Morgan fingerprint density at radius 1 is 0.974 bits per heavy atom. The molecule has 3 amide bonds. The van der Waals surface area contributed by atoms with Crippen LogP contribution in [0.4, 0.5) is 10.5 Å². The van der Waals surface area contributed by atoms with Crippen LogP contribution in [-0.2, 0) is 14.3 Å². The lowest BCUT2D eigenvalue weighted by Gasteiger charge is -2.38. The van der Waals surface area contributed by atoms with E-state index in [-0.39, 0.29) is 17.9 Å². The number of aryl methyl sites for hydroxylation is 1. The zero-order valence-corrected chi connectivity index (χ0v) is 24.5. The highest BCUT2D eigenvalue weighted by atomic mass is 16.6. The maximum absolute atomic E-state index is 14.0. The Balaban J connectivity index is 2.55. The van der Waals surface area contributed by atoms with Crippen molar-refractivity contribution in [1.82, 2.24) is 10.2 Å². The van der Waals surface area contributed by atoms with Gasteiger partial charge < -0.3 is 20.3 Å². The number of rotatable bonds is 10. The highest BCUT2D eigenvalue weighted by Crippen LogP contribution is 2.29. The molecule has 7 nitrogen and oxygen atoms in total. The van der Waals surface area contributed by atoms with Crippen molar-refractivity contribution in [2.45, 2.75) is 92.0 Å². The number of terminal acetylenes is 1. The molecule has 0 bridgehead atoms. The molecule has 0 aliphatic heterocycles. The van der Waals surface area contributed by atoms with E-state index < -0.39 is 23.8 Å². The highest BCUT2D eigenvalue weighted by Gasteiger charge is 2.37. The van der Waals surface area contributed by atoms with E-state index in [0.717, 1.165) is 12.0 Å². The summed E-state index contributed by atoms with van der Waals surface area (Å²) in [4.78, 5) is 42.1. The van der Waals surface area contributed by atoms with Crippen molar-refractivity contribution in [2.24, 2.45) is 5.92 Å². The third-order valence-corrected chi connectivity index (χ3v) is 6.32. The van der Waals surface area contributed by atoms with E-state index in [1.807, 2.05) is 38.1 Å². The van der Waals surface area contributed by atoms with Gasteiger partial charge in [0.2, 0.25) is 5.91 Å². The van der Waals surface area contributed by atoms with Gasteiger partial charge in [-0.25, -0.2) is 4.79 Å². The molecule has 0 saturated carbocycles. The Morgan fingerprint density at radius 3 is 2.13 bits per heavy atom. The lowest BCUT2D eigenvalue weighted by Crippen LogP contribution is -2.54. The van der Waals surface area contributed by atoms with Gasteiger partial charge in [0, 0.05) is 17.3 Å². The summed E-state index contributed by atoms with van der Waals surface area (Å²) in [5.41, 5.74) is 2.14. The Bertz CT molecular complexity index is 1180. The number of amides is 3. The van der Waals surface area contributed by atoms with Gasteiger partial charge in [0.15, 0.2) is 0 Å². The molecule has 0 aromatic heterocycles. The van der Waals surface area contributed by atoms with Gasteiger partial charge in [0.05, 0.1) is 0 Å². The molecule has 3 unspecified atom stereocenters. The van der Waals surface area contributed by atoms with E-state index in [0.29, 0.717) is 29.2 Å². The largest absolute Gasteiger partial charge is 0.444 e. The van der Waals surface area contributed by atoms with Gasteiger partial charge in [-0.05, 0) is 89.6 Å². The SMILES string of the molecule is C#Cc1ccc(C(C(=O)Nc2ccccc2C)N(C(=O)C(C)NC(=O)OC(C)(C)C)C(C)CCC(C)C)cc1. The van der Waals surface area contributed by atoms with Gasteiger partial charge in [-0.1, -0.05) is 50.1 Å². The van der Waals surface area contributed by atoms with Gasteiger partial charge in [-0.2, -0.15) is 0 Å². The van der Waals surface area contributed by atoms with Crippen molar-refractivity contribution >= 4 is 23.6 Å². The first-order valence-corrected chi connectivity index (χ1v) is 13.5. The van der Waals surface area contributed by atoms with Gasteiger partial charge in [0.25, 0.3) is 5.91 Å². The fourth-order valence-corrected chi connectivity index (χ4v) is 4.20. The molecule has 7 heteroatoms. The molecule has 0 spiro atoms. The first-order valence-electron chi connectivity index (χ1n) is 13.5. The third-order valence-electron chi connectivity index (χ3n) is 6.32. The molecule has 0 aliphatic carbocycles. The number of nitrogens with one attached hydrogen (secondary N) is 2. The molecule has 3 atom stereocenters. The Hall–Kier alpha value is -3.79. The van der Waals surface area contributed by atoms with E-state index in [1.54, 1.807) is 56.9 Å². The lowest BCUT2D eigenvalue weighted by atomic mass is 9.96. The number of carbonyl (C=O) groups excluding carboxylic acids is 3. The normalized spacial score (nSPS) is 13.5. The molecule has 0 heterocycles. The van der Waals surface area contributed by atoms with E-state index in [4.69, 9.17) is 11.2 Å². The molecule has 2 rings (SSSR count). The van der Waals surface area contributed by atoms with E-state index in [2.05, 4.69) is 30.4 Å².